The highest BCUT2D eigenvalue weighted by Gasteiger charge is 2.21. The average molecular weight is 403 g/mol. The van der Waals surface area contributed by atoms with Crippen molar-refractivity contribution in [3.8, 4) is 0 Å². The van der Waals surface area contributed by atoms with E-state index in [1.165, 1.54) is 0 Å². The molecule has 0 aliphatic carbocycles. The van der Waals surface area contributed by atoms with Crippen LogP contribution in [-0.4, -0.2) is 44.0 Å². The maximum absolute atomic E-state index is 12.2. The van der Waals surface area contributed by atoms with Crippen LogP contribution >= 0.6 is 0 Å². The standard InChI is InChI=1S/C20H34O4S2/c1-19(2,15-21)9-11-25(23)13-17-5-7-18(8-6-17)14-26(24)12-10-20(3,4)16-22/h5-8,21-22H,9-16H2,1-4H3. The minimum absolute atomic E-state index is 0.103. The summed E-state index contributed by atoms with van der Waals surface area (Å²) in [5.41, 5.74) is 1.66. The van der Waals surface area contributed by atoms with E-state index in [0.29, 0.717) is 23.0 Å². The van der Waals surface area contributed by atoms with Gasteiger partial charge in [0.05, 0.1) is 0 Å². The highest BCUT2D eigenvalue weighted by molar-refractivity contribution is 7.90. The summed E-state index contributed by atoms with van der Waals surface area (Å²) in [4.78, 5) is 0. The first-order chi connectivity index (χ1) is 12.1. The number of aliphatic hydroxyl groups is 2. The second-order valence-electron chi connectivity index (χ2n) is 8.54. The van der Waals surface area contributed by atoms with Crippen LogP contribution in [0.5, 0.6) is 0 Å². The van der Waals surface area contributed by atoms with Crippen LogP contribution in [0.15, 0.2) is 24.3 Å². The average Bonchev–Trinajstić information content (AvgIpc) is 2.60. The zero-order valence-electron chi connectivity index (χ0n) is 16.5. The predicted octanol–water partition coefficient (Wildman–Crippen LogP) is 3.00. The van der Waals surface area contributed by atoms with Crippen LogP contribution in [0.2, 0.25) is 0 Å². The monoisotopic (exact) mass is 402 g/mol. The molecule has 26 heavy (non-hydrogen) atoms. The highest BCUT2D eigenvalue weighted by atomic mass is 32.2. The molecule has 0 aliphatic heterocycles. The van der Waals surface area contributed by atoms with Gasteiger partial charge in [0, 0.05) is 24.3 Å². The molecule has 0 bridgehead atoms. The second-order valence-corrected chi connectivity index (χ2v) is 11.7. The smallest absolute Gasteiger partial charge is 0.130 e. The lowest BCUT2D eigenvalue weighted by Crippen LogP contribution is -2.22. The molecule has 0 heterocycles. The first-order valence-electron chi connectivity index (χ1n) is 9.06. The van der Waals surface area contributed by atoms with Crippen molar-refractivity contribution in [2.24, 2.45) is 10.8 Å². The van der Waals surface area contributed by atoms with Crippen molar-refractivity contribution >= 4 is 22.4 Å². The van der Waals surface area contributed by atoms with Gasteiger partial charge in [0.15, 0.2) is 0 Å². The lowest BCUT2D eigenvalue weighted by atomic mass is 9.92. The molecule has 0 saturated heterocycles. The van der Waals surface area contributed by atoms with Crippen LogP contribution in [0, 0.1) is 10.8 Å². The first-order valence-corrected chi connectivity index (χ1v) is 12.0. The number of hydrogen-bond donors (Lipinski definition) is 2. The van der Waals surface area contributed by atoms with Crippen LogP contribution in [0.3, 0.4) is 0 Å². The summed E-state index contributed by atoms with van der Waals surface area (Å²) in [6.07, 6.45) is 1.47. The Balaban J connectivity index is 2.43. The van der Waals surface area contributed by atoms with E-state index in [9.17, 15) is 19.3 Å². The van der Waals surface area contributed by atoms with Gasteiger partial charge in [0.1, 0.15) is 23.0 Å². The molecule has 0 aliphatic rings. The molecule has 0 amide bonds. The molecule has 0 fully saturated rings. The fraction of sp³-hybridized carbons (Fsp3) is 0.700. The van der Waals surface area contributed by atoms with E-state index in [0.717, 1.165) is 24.0 Å². The molecule has 2 atom stereocenters. The lowest BCUT2D eigenvalue weighted by Gasteiger charge is -2.22. The number of benzene rings is 1. The van der Waals surface area contributed by atoms with Crippen molar-refractivity contribution in [3.63, 3.8) is 0 Å². The minimum atomic E-state index is -0.945. The van der Waals surface area contributed by atoms with Gasteiger partial charge in [-0.1, -0.05) is 52.0 Å². The van der Waals surface area contributed by atoms with Gasteiger partial charge in [-0.15, -0.1) is 0 Å². The molecule has 0 spiro atoms. The zero-order chi connectivity index (χ0) is 19.8. The Hall–Kier alpha value is -0.240. The molecule has 1 aromatic carbocycles. The van der Waals surface area contributed by atoms with Gasteiger partial charge >= 0.3 is 0 Å². The van der Waals surface area contributed by atoms with E-state index in [2.05, 4.69) is 0 Å². The quantitative estimate of drug-likeness (QED) is 0.526. The van der Waals surface area contributed by atoms with Gasteiger partial charge in [-0.25, -0.2) is 0 Å². The van der Waals surface area contributed by atoms with E-state index in [-0.39, 0.29) is 24.0 Å². The maximum atomic E-state index is 12.2. The molecule has 0 radical (unpaired) electrons. The summed E-state index contributed by atoms with van der Waals surface area (Å²) in [6.45, 7) is 8.10. The largest absolute Gasteiger partial charge is 0.616 e. The molecule has 0 aromatic heterocycles. The van der Waals surface area contributed by atoms with Gasteiger partial charge in [0.25, 0.3) is 0 Å². The molecule has 2 N–H and O–H groups in total. The third kappa shape index (κ3) is 9.62. The fourth-order valence-electron chi connectivity index (χ4n) is 2.19. The lowest BCUT2D eigenvalue weighted by molar-refractivity contribution is 0.156. The number of aliphatic hydroxyl groups excluding tert-OH is 2. The van der Waals surface area contributed by atoms with Gasteiger partial charge in [-0.3, -0.25) is 0 Å². The van der Waals surface area contributed by atoms with Gasteiger partial charge in [-0.05, 0) is 46.0 Å². The number of hydrogen-bond acceptors (Lipinski definition) is 4. The summed E-state index contributed by atoms with van der Waals surface area (Å²) in [5, 5.41) is 18.5. The summed E-state index contributed by atoms with van der Waals surface area (Å²) in [6, 6.07) is 7.83. The van der Waals surface area contributed by atoms with Crippen LogP contribution in [-0.2, 0) is 33.9 Å². The summed E-state index contributed by atoms with van der Waals surface area (Å²) in [7, 11) is 0. The summed E-state index contributed by atoms with van der Waals surface area (Å²) in [5.74, 6) is 2.19. The zero-order valence-corrected chi connectivity index (χ0v) is 18.1. The van der Waals surface area contributed by atoms with E-state index >= 15 is 0 Å². The first kappa shape index (κ1) is 23.8. The van der Waals surface area contributed by atoms with Crippen molar-refractivity contribution in [1.82, 2.24) is 0 Å². The van der Waals surface area contributed by atoms with E-state index < -0.39 is 22.4 Å². The van der Waals surface area contributed by atoms with Gasteiger partial charge in [-0.2, -0.15) is 0 Å². The molecule has 1 aromatic rings. The van der Waals surface area contributed by atoms with Crippen LogP contribution in [0.4, 0.5) is 0 Å². The minimum Gasteiger partial charge on any atom is -0.616 e. The molecule has 150 valence electrons. The van der Waals surface area contributed by atoms with Crippen molar-refractivity contribution in [2.75, 3.05) is 24.7 Å². The van der Waals surface area contributed by atoms with Crippen molar-refractivity contribution in [3.05, 3.63) is 35.4 Å². The summed E-state index contributed by atoms with van der Waals surface area (Å²) >= 11 is -1.89. The third-order valence-electron chi connectivity index (χ3n) is 4.55. The molecular formula is C20H34O4S2. The molecular weight excluding hydrogens is 368 g/mol. The SMILES string of the molecule is CC(C)(CO)CC[S+]([O-])Cc1ccc(C[S+]([O-])CCC(C)(C)CO)cc1. The summed E-state index contributed by atoms with van der Waals surface area (Å²) < 4.78 is 24.4. The third-order valence-corrected chi connectivity index (χ3v) is 7.18. The Morgan fingerprint density at radius 2 is 1.04 bits per heavy atom. The van der Waals surface area contributed by atoms with Crippen LogP contribution in [0.1, 0.15) is 51.7 Å². The Morgan fingerprint density at radius 1 is 0.731 bits per heavy atom. The Labute approximate surface area is 164 Å². The second kappa shape index (κ2) is 10.9. The molecule has 1 rings (SSSR count). The molecule has 4 nitrogen and oxygen atoms in total. The molecule has 6 heteroatoms. The van der Waals surface area contributed by atoms with E-state index in [4.69, 9.17) is 0 Å². The Kier molecular flexibility index (Phi) is 10.0. The molecule has 0 saturated carbocycles. The normalized spacial score (nSPS) is 15.1. The van der Waals surface area contributed by atoms with Crippen molar-refractivity contribution in [2.45, 2.75) is 52.0 Å². The van der Waals surface area contributed by atoms with Gasteiger partial charge in [0.2, 0.25) is 0 Å². The maximum Gasteiger partial charge on any atom is 0.130 e. The van der Waals surface area contributed by atoms with Crippen molar-refractivity contribution in [1.29, 1.82) is 0 Å². The molecule has 2 unspecified atom stereocenters. The number of rotatable bonds is 12. The Bertz CT molecular complexity index is 470. The van der Waals surface area contributed by atoms with Crippen LogP contribution < -0.4 is 0 Å². The van der Waals surface area contributed by atoms with E-state index in [1.54, 1.807) is 0 Å². The van der Waals surface area contributed by atoms with E-state index in [1.807, 2.05) is 52.0 Å². The predicted molar refractivity (Wildman–Crippen MR) is 111 cm³/mol. The van der Waals surface area contributed by atoms with Crippen molar-refractivity contribution < 1.29 is 19.3 Å². The topological polar surface area (TPSA) is 86.6 Å². The highest BCUT2D eigenvalue weighted by Crippen LogP contribution is 2.22. The fourth-order valence-corrected chi connectivity index (χ4v) is 5.16. The Morgan fingerprint density at radius 3 is 1.31 bits per heavy atom. The van der Waals surface area contributed by atoms with Crippen LogP contribution in [0.25, 0.3) is 0 Å². The van der Waals surface area contributed by atoms with Gasteiger partial charge < -0.3 is 19.3 Å².